The SMILES string of the molecule is CN1CCN(CCCOc2c(O)cc(O)c3c(=O)cc(-c4ccccc4)oc23)CC1. The molecule has 0 radical (unpaired) electrons. The number of piperazine rings is 1. The highest BCUT2D eigenvalue weighted by Crippen LogP contribution is 2.40. The van der Waals surface area contributed by atoms with Crippen molar-refractivity contribution in [2.24, 2.45) is 0 Å². The quantitative estimate of drug-likeness (QED) is 0.604. The van der Waals surface area contributed by atoms with Crippen molar-refractivity contribution in [2.45, 2.75) is 6.42 Å². The second-order valence-electron chi connectivity index (χ2n) is 7.64. The number of likely N-dealkylation sites (N-methyl/N-ethyl adjacent to an activating group) is 1. The number of ether oxygens (including phenoxy) is 1. The lowest BCUT2D eigenvalue weighted by Gasteiger charge is -2.32. The summed E-state index contributed by atoms with van der Waals surface area (Å²) >= 11 is 0. The molecular weight excluding hydrogens is 384 g/mol. The van der Waals surface area contributed by atoms with Crippen LogP contribution >= 0.6 is 0 Å². The zero-order chi connectivity index (χ0) is 21.1. The Morgan fingerprint density at radius 3 is 2.50 bits per heavy atom. The lowest BCUT2D eigenvalue weighted by atomic mass is 10.1. The molecule has 4 rings (SSSR count). The topological polar surface area (TPSA) is 86.4 Å². The highest BCUT2D eigenvalue weighted by molar-refractivity contribution is 5.91. The van der Waals surface area contributed by atoms with E-state index in [2.05, 4.69) is 16.8 Å². The maximum absolute atomic E-state index is 12.7. The maximum Gasteiger partial charge on any atom is 0.205 e. The van der Waals surface area contributed by atoms with Crippen molar-refractivity contribution in [1.82, 2.24) is 9.80 Å². The fourth-order valence-electron chi connectivity index (χ4n) is 3.70. The highest BCUT2D eigenvalue weighted by atomic mass is 16.5. The lowest BCUT2D eigenvalue weighted by Crippen LogP contribution is -2.44. The van der Waals surface area contributed by atoms with Crippen LogP contribution in [0.4, 0.5) is 0 Å². The summed E-state index contributed by atoms with van der Waals surface area (Å²) < 4.78 is 11.8. The van der Waals surface area contributed by atoms with Gasteiger partial charge in [0.2, 0.25) is 5.75 Å². The summed E-state index contributed by atoms with van der Waals surface area (Å²) in [5, 5.41) is 20.6. The smallest absolute Gasteiger partial charge is 0.205 e. The van der Waals surface area contributed by atoms with Crippen LogP contribution in [0.15, 0.2) is 51.7 Å². The van der Waals surface area contributed by atoms with Crippen LogP contribution in [0.25, 0.3) is 22.3 Å². The van der Waals surface area contributed by atoms with Crippen LogP contribution in [0.5, 0.6) is 17.2 Å². The summed E-state index contributed by atoms with van der Waals surface area (Å²) in [6.45, 7) is 5.41. The van der Waals surface area contributed by atoms with E-state index in [1.807, 2.05) is 30.3 Å². The molecule has 2 aromatic carbocycles. The van der Waals surface area contributed by atoms with Crippen LogP contribution < -0.4 is 10.2 Å². The van der Waals surface area contributed by atoms with Crippen molar-refractivity contribution in [1.29, 1.82) is 0 Å². The molecule has 0 saturated carbocycles. The molecule has 1 saturated heterocycles. The molecule has 2 heterocycles. The van der Waals surface area contributed by atoms with Gasteiger partial charge < -0.3 is 29.2 Å². The van der Waals surface area contributed by atoms with Gasteiger partial charge in [-0.3, -0.25) is 4.79 Å². The highest BCUT2D eigenvalue weighted by Gasteiger charge is 2.20. The predicted molar refractivity (Wildman–Crippen MR) is 115 cm³/mol. The van der Waals surface area contributed by atoms with Gasteiger partial charge in [-0.2, -0.15) is 0 Å². The van der Waals surface area contributed by atoms with Crippen LogP contribution in [0.1, 0.15) is 6.42 Å². The van der Waals surface area contributed by atoms with E-state index in [1.165, 1.54) is 6.07 Å². The molecule has 7 nitrogen and oxygen atoms in total. The Balaban J connectivity index is 1.57. The Hall–Kier alpha value is -3.03. The van der Waals surface area contributed by atoms with E-state index >= 15 is 0 Å². The van der Waals surface area contributed by atoms with E-state index < -0.39 is 5.43 Å². The lowest BCUT2D eigenvalue weighted by molar-refractivity contribution is 0.145. The van der Waals surface area contributed by atoms with E-state index in [-0.39, 0.29) is 28.2 Å². The van der Waals surface area contributed by atoms with Crippen molar-refractivity contribution in [2.75, 3.05) is 46.4 Å². The average Bonchev–Trinajstić information content (AvgIpc) is 2.74. The van der Waals surface area contributed by atoms with E-state index in [9.17, 15) is 15.0 Å². The van der Waals surface area contributed by atoms with Gasteiger partial charge in [0.25, 0.3) is 0 Å². The molecule has 0 bridgehead atoms. The molecule has 158 valence electrons. The summed E-state index contributed by atoms with van der Waals surface area (Å²) in [5.41, 5.74) is 0.383. The van der Waals surface area contributed by atoms with Gasteiger partial charge in [0.15, 0.2) is 16.8 Å². The van der Waals surface area contributed by atoms with Crippen LogP contribution in [-0.2, 0) is 0 Å². The molecule has 0 amide bonds. The average molecular weight is 410 g/mol. The zero-order valence-electron chi connectivity index (χ0n) is 17.0. The number of phenols is 2. The van der Waals surface area contributed by atoms with Crippen LogP contribution in [-0.4, -0.2) is 66.4 Å². The standard InChI is InChI=1S/C23H26N2O5/c1-24-9-11-25(12-10-24)8-5-13-29-22-19(28)14-17(26)21-18(27)15-20(30-23(21)22)16-6-3-2-4-7-16/h2-4,6-7,14-15,26,28H,5,8-13H2,1H3. The molecule has 0 spiro atoms. The minimum absolute atomic E-state index is 0.00143. The predicted octanol–water partition coefficient (Wildman–Crippen LogP) is 2.89. The van der Waals surface area contributed by atoms with Crippen molar-refractivity contribution in [3.8, 4) is 28.6 Å². The molecule has 1 fully saturated rings. The number of benzene rings is 2. The Bertz CT molecular complexity index is 1070. The zero-order valence-corrected chi connectivity index (χ0v) is 17.0. The minimum atomic E-state index is -0.394. The second-order valence-corrected chi connectivity index (χ2v) is 7.64. The first-order valence-corrected chi connectivity index (χ1v) is 10.1. The van der Waals surface area contributed by atoms with Crippen molar-refractivity contribution in [3.63, 3.8) is 0 Å². The third kappa shape index (κ3) is 4.27. The van der Waals surface area contributed by atoms with Crippen LogP contribution in [0, 0.1) is 0 Å². The molecule has 2 N–H and O–H groups in total. The van der Waals surface area contributed by atoms with E-state index in [0.29, 0.717) is 12.4 Å². The number of hydrogen-bond donors (Lipinski definition) is 2. The van der Waals surface area contributed by atoms with Gasteiger partial charge in [-0.1, -0.05) is 30.3 Å². The van der Waals surface area contributed by atoms with Gasteiger partial charge in [0.05, 0.1) is 6.61 Å². The van der Waals surface area contributed by atoms with E-state index in [0.717, 1.165) is 50.8 Å². The number of aromatic hydroxyl groups is 2. The van der Waals surface area contributed by atoms with Crippen molar-refractivity contribution < 1.29 is 19.4 Å². The fourth-order valence-corrected chi connectivity index (χ4v) is 3.70. The molecule has 0 aliphatic carbocycles. The molecule has 0 unspecified atom stereocenters. The Morgan fingerprint density at radius 2 is 1.77 bits per heavy atom. The summed E-state index contributed by atoms with van der Waals surface area (Å²) in [7, 11) is 2.12. The van der Waals surface area contributed by atoms with Crippen LogP contribution in [0.3, 0.4) is 0 Å². The first-order valence-electron chi connectivity index (χ1n) is 10.1. The second kappa shape index (κ2) is 8.77. The summed E-state index contributed by atoms with van der Waals surface area (Å²) in [4.78, 5) is 17.3. The van der Waals surface area contributed by atoms with Crippen molar-refractivity contribution in [3.05, 3.63) is 52.7 Å². The van der Waals surface area contributed by atoms with Gasteiger partial charge >= 0.3 is 0 Å². The third-order valence-corrected chi connectivity index (χ3v) is 5.44. The third-order valence-electron chi connectivity index (χ3n) is 5.44. The van der Waals surface area contributed by atoms with Crippen LogP contribution in [0.2, 0.25) is 0 Å². The normalized spacial score (nSPS) is 15.5. The molecule has 0 atom stereocenters. The monoisotopic (exact) mass is 410 g/mol. The van der Waals surface area contributed by atoms with Gasteiger partial charge in [-0.05, 0) is 13.5 Å². The molecule has 7 heteroatoms. The molecule has 1 aliphatic heterocycles. The number of hydrogen-bond acceptors (Lipinski definition) is 7. The number of fused-ring (bicyclic) bond motifs is 1. The molecular formula is C23H26N2O5. The van der Waals surface area contributed by atoms with Gasteiger partial charge in [-0.25, -0.2) is 0 Å². The number of phenolic OH excluding ortho intramolecular Hbond substituents is 2. The molecule has 1 aliphatic rings. The van der Waals surface area contributed by atoms with E-state index in [1.54, 1.807) is 0 Å². The molecule has 1 aromatic heterocycles. The van der Waals surface area contributed by atoms with Gasteiger partial charge in [-0.15, -0.1) is 0 Å². The molecule has 30 heavy (non-hydrogen) atoms. The number of nitrogens with zero attached hydrogens (tertiary/aromatic N) is 2. The Morgan fingerprint density at radius 1 is 1.03 bits per heavy atom. The Kier molecular flexibility index (Phi) is 5.92. The first-order chi connectivity index (χ1) is 14.5. The summed E-state index contributed by atoms with van der Waals surface area (Å²) in [6, 6.07) is 11.7. The Labute approximate surface area is 174 Å². The molecule has 3 aromatic rings. The first kappa shape index (κ1) is 20.3. The van der Waals surface area contributed by atoms with Crippen molar-refractivity contribution >= 4 is 11.0 Å². The summed E-state index contributed by atoms with van der Waals surface area (Å²) in [5.74, 6) is -0.162. The van der Waals surface area contributed by atoms with E-state index in [4.69, 9.17) is 9.15 Å². The minimum Gasteiger partial charge on any atom is -0.507 e. The number of rotatable bonds is 6. The summed E-state index contributed by atoms with van der Waals surface area (Å²) in [6.07, 6.45) is 0.772. The van der Waals surface area contributed by atoms with Gasteiger partial charge in [0, 0.05) is 50.4 Å². The van der Waals surface area contributed by atoms with Gasteiger partial charge in [0.1, 0.15) is 16.9 Å². The largest absolute Gasteiger partial charge is 0.507 e. The fraction of sp³-hybridized carbons (Fsp3) is 0.348. The maximum atomic E-state index is 12.7.